The third-order valence-corrected chi connectivity index (χ3v) is 4.80. The lowest BCUT2D eigenvalue weighted by atomic mass is 10.3. The summed E-state index contributed by atoms with van der Waals surface area (Å²) in [5.41, 5.74) is -2.31. The van der Waals surface area contributed by atoms with Gasteiger partial charge in [0.05, 0.1) is 12.7 Å². The second kappa shape index (κ2) is 5.58. The monoisotopic (exact) mass is 326 g/mol. The molecule has 1 aromatic heterocycles. The van der Waals surface area contributed by atoms with E-state index in [-0.39, 0.29) is 17.7 Å². The summed E-state index contributed by atoms with van der Waals surface area (Å²) in [7, 11) is -4.22. The molecular weight excluding hydrogens is 309 g/mol. The van der Waals surface area contributed by atoms with Gasteiger partial charge in [-0.1, -0.05) is 6.92 Å². The Hall–Kier alpha value is -1.13. The number of aromatic nitrogens is 2. The average molecular weight is 326 g/mol. The van der Waals surface area contributed by atoms with Crippen molar-refractivity contribution < 1.29 is 21.6 Å². The maximum Gasteiger partial charge on any atom is 0.407 e. The van der Waals surface area contributed by atoms with Gasteiger partial charge < -0.3 is 5.32 Å². The van der Waals surface area contributed by atoms with Gasteiger partial charge in [-0.05, 0) is 19.4 Å². The predicted molar refractivity (Wildman–Crippen MR) is 69.1 cm³/mol. The smallest absolute Gasteiger partial charge is 0.315 e. The lowest BCUT2D eigenvalue weighted by molar-refractivity contribution is -0.160. The van der Waals surface area contributed by atoms with E-state index in [1.165, 1.54) is 10.9 Å². The summed E-state index contributed by atoms with van der Waals surface area (Å²) in [4.78, 5) is -0.255. The molecule has 0 atom stereocenters. The molecule has 1 fully saturated rings. The fraction of sp³-hybridized carbons (Fsp3) is 0.727. The van der Waals surface area contributed by atoms with Crippen molar-refractivity contribution in [2.45, 2.75) is 42.9 Å². The zero-order valence-corrected chi connectivity index (χ0v) is 12.3. The van der Waals surface area contributed by atoms with Crippen molar-refractivity contribution in [3.8, 4) is 0 Å². The summed E-state index contributed by atoms with van der Waals surface area (Å²) in [6.45, 7) is 3.72. The average Bonchev–Trinajstić information content (AvgIpc) is 2.99. The van der Waals surface area contributed by atoms with Gasteiger partial charge in [-0.25, -0.2) is 8.42 Å². The van der Waals surface area contributed by atoms with E-state index >= 15 is 0 Å². The van der Waals surface area contributed by atoms with Crippen LogP contribution in [0.5, 0.6) is 0 Å². The minimum atomic E-state index is -4.58. The first kappa shape index (κ1) is 16.2. The van der Waals surface area contributed by atoms with E-state index in [2.05, 4.69) is 10.4 Å². The molecule has 0 spiro atoms. The first-order chi connectivity index (χ1) is 9.70. The van der Waals surface area contributed by atoms with E-state index in [0.29, 0.717) is 13.1 Å². The van der Waals surface area contributed by atoms with E-state index < -0.39 is 21.7 Å². The number of sulfonamides is 1. The molecule has 2 N–H and O–H groups in total. The van der Waals surface area contributed by atoms with Crippen molar-refractivity contribution in [3.63, 3.8) is 0 Å². The SMILES string of the molecule is CCNCCn1cc(S(=O)(=O)NC2(C(F)(F)F)CC2)cn1. The van der Waals surface area contributed by atoms with Gasteiger partial charge in [-0.15, -0.1) is 0 Å². The van der Waals surface area contributed by atoms with Crippen molar-refractivity contribution >= 4 is 10.0 Å². The molecule has 1 saturated carbocycles. The van der Waals surface area contributed by atoms with Crippen LogP contribution in [-0.2, 0) is 16.6 Å². The predicted octanol–water partition coefficient (Wildman–Crippen LogP) is 0.866. The molecule has 0 bridgehead atoms. The fourth-order valence-electron chi connectivity index (χ4n) is 1.86. The van der Waals surface area contributed by atoms with Crippen molar-refractivity contribution in [3.05, 3.63) is 12.4 Å². The molecular formula is C11H17F3N4O2S. The second-order valence-corrected chi connectivity index (χ2v) is 6.66. The maximum atomic E-state index is 12.8. The molecule has 2 rings (SSSR count). The molecule has 120 valence electrons. The van der Waals surface area contributed by atoms with Crippen LogP contribution in [-0.4, -0.2) is 43.0 Å². The quantitative estimate of drug-likeness (QED) is 0.729. The van der Waals surface area contributed by atoms with Crippen LogP contribution in [0.15, 0.2) is 17.3 Å². The van der Waals surface area contributed by atoms with Crippen LogP contribution in [0.25, 0.3) is 0 Å². The Labute approximate surface area is 120 Å². The Morgan fingerprint density at radius 2 is 2.10 bits per heavy atom. The van der Waals surface area contributed by atoms with Crippen molar-refractivity contribution in [1.82, 2.24) is 19.8 Å². The van der Waals surface area contributed by atoms with E-state index in [1.807, 2.05) is 6.92 Å². The first-order valence-corrected chi connectivity index (χ1v) is 8.02. The minimum absolute atomic E-state index is 0.232. The fourth-order valence-corrected chi connectivity index (χ4v) is 3.26. The molecule has 0 aromatic carbocycles. The number of hydrogen-bond donors (Lipinski definition) is 2. The molecule has 1 aliphatic rings. The van der Waals surface area contributed by atoms with E-state index in [9.17, 15) is 21.6 Å². The molecule has 10 heteroatoms. The molecule has 6 nitrogen and oxygen atoms in total. The van der Waals surface area contributed by atoms with Crippen molar-refractivity contribution in [2.75, 3.05) is 13.1 Å². The molecule has 1 aliphatic carbocycles. The van der Waals surface area contributed by atoms with Gasteiger partial charge in [0.15, 0.2) is 0 Å². The van der Waals surface area contributed by atoms with Gasteiger partial charge in [0.25, 0.3) is 0 Å². The van der Waals surface area contributed by atoms with E-state index in [0.717, 1.165) is 12.7 Å². The van der Waals surface area contributed by atoms with Gasteiger partial charge in [-0.2, -0.15) is 23.0 Å². The van der Waals surface area contributed by atoms with E-state index in [1.54, 1.807) is 4.72 Å². The van der Waals surface area contributed by atoms with Crippen LogP contribution in [0.4, 0.5) is 13.2 Å². The number of alkyl halides is 3. The molecule has 0 unspecified atom stereocenters. The van der Waals surface area contributed by atoms with Gasteiger partial charge >= 0.3 is 6.18 Å². The Morgan fingerprint density at radius 1 is 1.43 bits per heavy atom. The van der Waals surface area contributed by atoms with Crippen LogP contribution >= 0.6 is 0 Å². The molecule has 0 radical (unpaired) electrons. The zero-order chi connectivity index (χ0) is 15.7. The standard InChI is InChI=1S/C11H17F3N4O2S/c1-2-15-5-6-18-8-9(7-16-18)21(19,20)17-10(3-4-10)11(12,13)14/h7-8,15,17H,2-6H2,1H3. The van der Waals surface area contributed by atoms with Crippen LogP contribution in [0.3, 0.4) is 0 Å². The highest BCUT2D eigenvalue weighted by Gasteiger charge is 2.65. The van der Waals surface area contributed by atoms with Crippen LogP contribution in [0.1, 0.15) is 19.8 Å². The molecule has 0 amide bonds. The van der Waals surface area contributed by atoms with Gasteiger partial charge in [0.1, 0.15) is 10.4 Å². The van der Waals surface area contributed by atoms with Gasteiger partial charge in [0, 0.05) is 12.7 Å². The third kappa shape index (κ3) is 3.55. The van der Waals surface area contributed by atoms with E-state index in [4.69, 9.17) is 0 Å². The largest absolute Gasteiger partial charge is 0.407 e. The number of likely N-dealkylation sites (N-methyl/N-ethyl adjacent to an activating group) is 1. The molecule has 0 saturated heterocycles. The molecule has 1 aromatic rings. The highest BCUT2D eigenvalue weighted by molar-refractivity contribution is 7.89. The number of rotatable bonds is 7. The Morgan fingerprint density at radius 3 is 2.62 bits per heavy atom. The molecule has 1 heterocycles. The summed E-state index contributed by atoms with van der Waals surface area (Å²) in [5, 5.41) is 6.88. The van der Waals surface area contributed by atoms with Crippen LogP contribution in [0.2, 0.25) is 0 Å². The number of nitrogens with one attached hydrogen (secondary N) is 2. The number of hydrogen-bond acceptors (Lipinski definition) is 4. The third-order valence-electron chi connectivity index (χ3n) is 3.31. The highest BCUT2D eigenvalue weighted by Crippen LogP contribution is 2.49. The number of nitrogens with zero attached hydrogens (tertiary/aromatic N) is 2. The minimum Gasteiger partial charge on any atom is -0.315 e. The summed E-state index contributed by atoms with van der Waals surface area (Å²) in [6.07, 6.45) is -2.76. The van der Waals surface area contributed by atoms with Gasteiger partial charge in [0.2, 0.25) is 10.0 Å². The normalized spacial score (nSPS) is 17.9. The summed E-state index contributed by atoms with van der Waals surface area (Å²) in [5.74, 6) is 0. The molecule has 21 heavy (non-hydrogen) atoms. The van der Waals surface area contributed by atoms with Crippen LogP contribution < -0.4 is 10.0 Å². The summed E-state index contributed by atoms with van der Waals surface area (Å²) in [6, 6.07) is 0. The lowest BCUT2D eigenvalue weighted by Crippen LogP contribution is -2.47. The molecule has 0 aliphatic heterocycles. The number of halogens is 3. The Balaban J connectivity index is 2.07. The topological polar surface area (TPSA) is 76.0 Å². The summed E-state index contributed by atoms with van der Waals surface area (Å²) >= 11 is 0. The van der Waals surface area contributed by atoms with Crippen molar-refractivity contribution in [1.29, 1.82) is 0 Å². The Kier molecular flexibility index (Phi) is 4.31. The maximum absolute atomic E-state index is 12.8. The highest BCUT2D eigenvalue weighted by atomic mass is 32.2. The lowest BCUT2D eigenvalue weighted by Gasteiger charge is -2.19. The second-order valence-electron chi connectivity index (χ2n) is 4.98. The Bertz CT molecular complexity index is 593. The van der Waals surface area contributed by atoms with Crippen LogP contribution in [0, 0.1) is 0 Å². The summed E-state index contributed by atoms with van der Waals surface area (Å²) < 4.78 is 65.5. The zero-order valence-electron chi connectivity index (χ0n) is 11.4. The van der Waals surface area contributed by atoms with Gasteiger partial charge in [-0.3, -0.25) is 4.68 Å². The first-order valence-electron chi connectivity index (χ1n) is 6.54. The van der Waals surface area contributed by atoms with Crippen molar-refractivity contribution in [2.24, 2.45) is 0 Å².